The number of hydroxylamine groups is 2. The number of methoxy groups -OCH3 is 2. The van der Waals surface area contributed by atoms with Gasteiger partial charge in [0.15, 0.2) is 23.0 Å². The molecule has 0 aromatic heterocycles. The molecule has 3 heterocycles. The Kier molecular flexibility index (Phi) is 37.6. The average Bonchev–Trinajstić information content (AvgIpc) is 4.14. The van der Waals surface area contributed by atoms with Crippen LogP contribution in [0.15, 0.2) is 36.4 Å². The lowest BCUT2D eigenvalue weighted by Gasteiger charge is -2.37. The number of aliphatic hydroxyl groups is 2. The fraction of sp³-hybridized carbons (Fsp3) is 0.704. The Hall–Kier alpha value is -2.26. The normalized spacial score (nSPS) is 22.1. The lowest BCUT2D eigenvalue weighted by Crippen LogP contribution is -2.46. The largest absolute Gasteiger partial charge is 0.493 e. The summed E-state index contributed by atoms with van der Waals surface area (Å²) in [5, 5.41) is 23.2. The van der Waals surface area contributed by atoms with Crippen molar-refractivity contribution in [2.24, 2.45) is 5.73 Å². The number of amides is 3. The highest BCUT2D eigenvalue weighted by Crippen LogP contribution is 2.60. The van der Waals surface area contributed by atoms with Gasteiger partial charge < -0.3 is 54.5 Å². The molecule has 9 atom stereocenters. The molecule has 2 aliphatic carbocycles. The number of nitrogens with two attached hydrogens (primary N) is 1. The minimum atomic E-state index is -0.536. The number of halogens is 2. The van der Waals surface area contributed by atoms with Crippen molar-refractivity contribution in [1.82, 2.24) is 20.2 Å². The molecule has 2 aromatic carbocycles. The van der Waals surface area contributed by atoms with E-state index in [0.717, 1.165) is 94.6 Å². The van der Waals surface area contributed by atoms with E-state index >= 15 is 0 Å². The van der Waals surface area contributed by atoms with Gasteiger partial charge in [-0.3, -0.25) is 24.2 Å². The van der Waals surface area contributed by atoms with E-state index in [-0.39, 0.29) is 81.4 Å². The number of carbonyl (C=O) groups excluding carboxylic acids is 4. The van der Waals surface area contributed by atoms with Crippen LogP contribution in [-0.2, 0) is 46.3 Å². The van der Waals surface area contributed by atoms with Crippen LogP contribution in [0.3, 0.4) is 0 Å². The predicted molar refractivity (Wildman–Crippen MR) is 322 cm³/mol. The topological polar surface area (TPSA) is 221 Å². The number of hydrogen-bond donors (Lipinski definition) is 4. The average molecular weight is 1220 g/mol. The van der Waals surface area contributed by atoms with E-state index in [4.69, 9.17) is 34.2 Å². The van der Waals surface area contributed by atoms with Crippen molar-refractivity contribution in [3.05, 3.63) is 47.5 Å². The Balaban J connectivity index is 0.000000408. The van der Waals surface area contributed by atoms with Crippen molar-refractivity contribution in [1.29, 1.82) is 0 Å². The van der Waals surface area contributed by atoms with Gasteiger partial charge in [-0.2, -0.15) is 0 Å². The van der Waals surface area contributed by atoms with E-state index in [9.17, 15) is 29.4 Å². The molecule has 3 saturated heterocycles. The molecule has 24 heteroatoms. The zero-order valence-electron chi connectivity index (χ0n) is 46.5. The molecule has 2 saturated carbocycles. The Morgan fingerprint density at radius 3 is 1.53 bits per heavy atom. The van der Waals surface area contributed by atoms with Crippen molar-refractivity contribution in [2.75, 3.05) is 79.9 Å². The van der Waals surface area contributed by atoms with Crippen molar-refractivity contribution in [3.63, 3.8) is 0 Å². The van der Waals surface area contributed by atoms with Gasteiger partial charge >= 0.3 is 5.97 Å². The van der Waals surface area contributed by atoms with Crippen LogP contribution >= 0.6 is 58.6 Å². The standard InChI is InChI=1S/C25H40N2O5.C21H34N2O4.C8H11NO4.2ClH.H6P4/c1-3-6-25(29)26-13-16-32-23-10-9-19(17-24(23)30-2)12-15-31-22-8-5-4-7-21(22)27-14-11-20(28)18-27;1-25-21-14-16(6-7-20(21)27-13-10-22)9-12-26-19-5-3-2-4-18(19)23-11-8-17(24)15-23;1-2-3-8(12)13-9-6(10)4-5-7(9)11;;;1-4(2)3/h9-10,17,20-22,28H,3-8,11-16,18H2,1-2H3,(H,26,29);6-7,14,17-19,24H,2-5,8-13,15,22H2,1H3;2-5H2,1H3;2*1H;1-3H2/t20-,21?,22?;17-,18?,19?;;;;/m11..../s1. The lowest BCUT2D eigenvalue weighted by molar-refractivity contribution is -0.197. The number of nitrogens with zero attached hydrogens (tertiary/aromatic N) is 3. The van der Waals surface area contributed by atoms with Crippen molar-refractivity contribution in [2.45, 2.75) is 166 Å². The maximum absolute atomic E-state index is 11.5. The second-order valence-corrected chi connectivity index (χ2v) is 31.3. The highest BCUT2D eigenvalue weighted by atomic mass is 35.5. The maximum atomic E-state index is 11.5. The second kappa shape index (κ2) is 40.9. The van der Waals surface area contributed by atoms with E-state index in [1.807, 2.05) is 44.2 Å². The van der Waals surface area contributed by atoms with Crippen LogP contribution in [0.2, 0.25) is 0 Å². The van der Waals surface area contributed by atoms with Crippen LogP contribution in [-0.4, -0.2) is 165 Å². The molecule has 0 radical (unpaired) electrons. The highest BCUT2D eigenvalue weighted by Gasteiger charge is 2.36. The number of imide groups is 1. The van der Waals surface area contributed by atoms with Crippen LogP contribution in [0.25, 0.3) is 0 Å². The number of aliphatic hydroxyl groups excluding tert-OH is 2. The Morgan fingerprint density at radius 1 is 0.667 bits per heavy atom. The fourth-order valence-corrected chi connectivity index (χ4v) is 9.99. The molecule has 5 aliphatic rings. The zero-order chi connectivity index (χ0) is 55.2. The lowest BCUT2D eigenvalue weighted by atomic mass is 9.91. The minimum Gasteiger partial charge on any atom is -0.493 e. The van der Waals surface area contributed by atoms with E-state index in [1.54, 1.807) is 14.2 Å². The first-order chi connectivity index (χ1) is 36.7. The van der Waals surface area contributed by atoms with Crippen LogP contribution in [0.1, 0.15) is 128 Å². The molecular weight excluding hydrogens is 1120 g/mol. The van der Waals surface area contributed by atoms with Crippen molar-refractivity contribution in [3.8, 4) is 23.0 Å². The number of hydrogen-bond acceptors (Lipinski definition) is 16. The molecule has 3 amide bonds. The third-order valence-corrected chi connectivity index (χ3v) is 13.8. The third kappa shape index (κ3) is 26.3. The van der Waals surface area contributed by atoms with Crippen LogP contribution in [0.4, 0.5) is 0 Å². The second-order valence-electron chi connectivity index (χ2n) is 19.7. The predicted octanol–water partition coefficient (Wildman–Crippen LogP) is 7.97. The summed E-state index contributed by atoms with van der Waals surface area (Å²) in [6, 6.07) is 12.9. The summed E-state index contributed by atoms with van der Waals surface area (Å²) in [4.78, 5) is 53.8. The van der Waals surface area contributed by atoms with E-state index in [0.29, 0.717) is 81.0 Å². The van der Waals surface area contributed by atoms with Crippen molar-refractivity contribution < 1.29 is 62.6 Å². The number of ether oxygens (including phenoxy) is 6. The SMILES string of the molecule is CCCC(=O)NCCOc1ccc(CCOC2CCCCC2N2CC[C@@H](O)C2)cc1OC.CCCC(=O)ON1C(=O)CCC1=O.COc1cc(CCOC2CCCCC2N2CC[C@@H](O)C2)ccc1OCCN.Cl.Cl.PP(P)P. The fourth-order valence-electron chi connectivity index (χ4n) is 9.99. The molecule has 446 valence electrons. The Morgan fingerprint density at radius 2 is 1.12 bits per heavy atom. The van der Waals surface area contributed by atoms with Gasteiger partial charge in [-0.25, -0.2) is 4.79 Å². The molecular formula is C54H93Cl2N5O13P4. The molecule has 0 spiro atoms. The summed E-state index contributed by atoms with van der Waals surface area (Å²) < 4.78 is 35.0. The number of β-amino-alcohol motifs (C(OH)–C–C–N with tert-alkyl or cyclic N) is 2. The van der Waals surface area contributed by atoms with Gasteiger partial charge in [0.25, 0.3) is 11.8 Å². The molecule has 78 heavy (non-hydrogen) atoms. The molecule has 3 aliphatic heterocycles. The van der Waals surface area contributed by atoms with Gasteiger partial charge in [-0.15, -0.1) is 56.7 Å². The monoisotopic (exact) mass is 1210 g/mol. The van der Waals surface area contributed by atoms with Gasteiger partial charge in [-0.05, 0) is 107 Å². The first-order valence-corrected chi connectivity index (χ1v) is 33.6. The number of rotatable bonds is 24. The first-order valence-electron chi connectivity index (χ1n) is 27.4. The summed E-state index contributed by atoms with van der Waals surface area (Å²) >= 11 is 0. The third-order valence-electron chi connectivity index (χ3n) is 13.8. The van der Waals surface area contributed by atoms with E-state index in [1.165, 1.54) is 37.7 Å². The molecule has 5 fully saturated rings. The van der Waals surface area contributed by atoms with Crippen LogP contribution in [0, 0.1) is 0 Å². The summed E-state index contributed by atoms with van der Waals surface area (Å²) in [5.74, 6) is 1.50. The maximum Gasteiger partial charge on any atom is 0.333 e. The molecule has 7 rings (SSSR count). The number of nitrogens with one attached hydrogen (secondary N) is 1. The van der Waals surface area contributed by atoms with E-state index < -0.39 is 17.8 Å². The molecule has 7 unspecified atom stereocenters. The number of benzene rings is 2. The van der Waals surface area contributed by atoms with Crippen LogP contribution in [0.5, 0.6) is 23.0 Å². The summed E-state index contributed by atoms with van der Waals surface area (Å²) in [7, 11) is 11.2. The quantitative estimate of drug-likeness (QED) is 0.0445. The Labute approximate surface area is 484 Å². The van der Waals surface area contributed by atoms with Gasteiger partial charge in [0.2, 0.25) is 5.91 Å². The summed E-state index contributed by atoms with van der Waals surface area (Å²) in [6.07, 6.45) is 15.6. The molecule has 2 aromatic rings. The summed E-state index contributed by atoms with van der Waals surface area (Å²) in [5.41, 5.74) is 7.82. The Bertz CT molecular complexity index is 2020. The molecule has 0 bridgehead atoms. The van der Waals surface area contributed by atoms with Gasteiger partial charge in [0.1, 0.15) is 13.2 Å². The smallest absolute Gasteiger partial charge is 0.333 e. The number of carbonyl (C=O) groups is 4. The molecule has 5 N–H and O–H groups in total. The van der Waals surface area contributed by atoms with Gasteiger partial charge in [-0.1, -0.05) is 51.7 Å². The van der Waals surface area contributed by atoms with E-state index in [2.05, 4.69) is 52.8 Å². The number of likely N-dealkylation sites (tertiary alicyclic amines) is 2. The summed E-state index contributed by atoms with van der Waals surface area (Å²) in [6.45, 7) is 10.7. The first kappa shape index (κ1) is 71.8. The zero-order valence-corrected chi connectivity index (χ0v) is 52.5. The van der Waals surface area contributed by atoms with Gasteiger partial charge in [0, 0.05) is 70.5 Å². The molecule has 18 nitrogen and oxygen atoms in total. The minimum absolute atomic E-state index is 0. The van der Waals surface area contributed by atoms with Crippen LogP contribution < -0.4 is 30.0 Å². The van der Waals surface area contributed by atoms with Gasteiger partial charge in [0.05, 0.1) is 58.4 Å². The van der Waals surface area contributed by atoms with Crippen molar-refractivity contribution >= 4 is 82.3 Å². The highest BCUT2D eigenvalue weighted by molar-refractivity contribution is 8.65.